The van der Waals surface area contributed by atoms with Crippen LogP contribution in [0.15, 0.2) is 82.4 Å². The van der Waals surface area contributed by atoms with Crippen LogP contribution in [0.5, 0.6) is 11.5 Å². The first-order valence-corrected chi connectivity index (χ1v) is 11.0. The summed E-state index contributed by atoms with van der Waals surface area (Å²) >= 11 is 1.21. The van der Waals surface area contributed by atoms with E-state index in [1.54, 1.807) is 25.1 Å². The summed E-state index contributed by atoms with van der Waals surface area (Å²) in [7, 11) is 0. The number of esters is 1. The summed E-state index contributed by atoms with van der Waals surface area (Å²) in [5.74, 6) is 0.414. The van der Waals surface area contributed by atoms with E-state index in [9.17, 15) is 9.90 Å². The minimum Gasteiger partial charge on any atom is -0.506 e. The van der Waals surface area contributed by atoms with E-state index in [0.29, 0.717) is 40.3 Å². The molecule has 0 aromatic heterocycles. The molecule has 0 saturated heterocycles. The fourth-order valence-corrected chi connectivity index (χ4v) is 3.95. The number of aliphatic hydroxyl groups is 1. The van der Waals surface area contributed by atoms with E-state index in [-0.39, 0.29) is 17.9 Å². The van der Waals surface area contributed by atoms with Crippen LogP contribution in [0.3, 0.4) is 0 Å². The lowest BCUT2D eigenvalue weighted by molar-refractivity contribution is -0.138. The predicted octanol–water partition coefficient (Wildman–Crippen LogP) is 5.84. The molecule has 1 N–H and O–H groups in total. The molecule has 0 atom stereocenters. The Labute approximate surface area is 191 Å². The second-order valence-electron chi connectivity index (χ2n) is 6.55. The highest BCUT2D eigenvalue weighted by molar-refractivity contribution is 8.18. The number of hydrogen-bond acceptors (Lipinski definition) is 7. The number of carbonyl (C=O) groups excluding carboxylic acids is 1. The molecule has 0 fully saturated rings. The van der Waals surface area contributed by atoms with Gasteiger partial charge in [-0.1, -0.05) is 48.7 Å². The monoisotopic (exact) mass is 451 g/mol. The third-order valence-electron chi connectivity index (χ3n) is 4.28. The number of thioether (sulfide) groups is 1. The normalized spacial score (nSPS) is 15.8. The van der Waals surface area contributed by atoms with Crippen molar-refractivity contribution < 1.29 is 24.1 Å². The predicted molar refractivity (Wildman–Crippen MR) is 129 cm³/mol. The molecule has 0 amide bonds. The average Bonchev–Trinajstić information content (AvgIpc) is 3.09. The van der Waals surface area contributed by atoms with Gasteiger partial charge in [0.1, 0.15) is 23.0 Å². The van der Waals surface area contributed by atoms with E-state index >= 15 is 0 Å². The first-order valence-electron chi connectivity index (χ1n) is 10.2. The van der Waals surface area contributed by atoms with Crippen molar-refractivity contribution in [2.45, 2.75) is 13.8 Å². The van der Waals surface area contributed by atoms with Crippen molar-refractivity contribution in [2.75, 3.05) is 19.8 Å². The Morgan fingerprint density at radius 3 is 2.56 bits per heavy atom. The van der Waals surface area contributed by atoms with Crippen molar-refractivity contribution in [3.8, 4) is 11.5 Å². The van der Waals surface area contributed by atoms with Crippen molar-refractivity contribution in [1.29, 1.82) is 0 Å². The van der Waals surface area contributed by atoms with Crippen LogP contribution in [0.4, 0.5) is 5.69 Å². The number of aliphatic imine (C=N–C) groups is 1. The van der Waals surface area contributed by atoms with Gasteiger partial charge < -0.3 is 19.3 Å². The molecule has 166 valence electrons. The van der Waals surface area contributed by atoms with Crippen LogP contribution < -0.4 is 9.47 Å². The van der Waals surface area contributed by atoms with Gasteiger partial charge in [-0.05, 0) is 49.8 Å². The van der Waals surface area contributed by atoms with Crippen LogP contribution in [0.2, 0.25) is 0 Å². The molecule has 2 aromatic carbocycles. The maximum atomic E-state index is 12.5. The lowest BCUT2D eigenvalue weighted by Crippen LogP contribution is -2.12. The van der Waals surface area contributed by atoms with E-state index < -0.39 is 5.97 Å². The Morgan fingerprint density at radius 1 is 1.09 bits per heavy atom. The molecule has 7 heteroatoms. The van der Waals surface area contributed by atoms with Crippen molar-refractivity contribution >= 4 is 34.5 Å². The van der Waals surface area contributed by atoms with E-state index in [2.05, 4.69) is 11.6 Å². The number of aliphatic hydroxyl groups excluding tert-OH is 1. The summed E-state index contributed by atoms with van der Waals surface area (Å²) in [5.41, 5.74) is 1.51. The highest BCUT2D eigenvalue weighted by Gasteiger charge is 2.33. The van der Waals surface area contributed by atoms with Gasteiger partial charge in [0, 0.05) is 0 Å². The number of carbonyl (C=O) groups is 1. The van der Waals surface area contributed by atoms with Crippen LogP contribution in [0.25, 0.3) is 6.08 Å². The van der Waals surface area contributed by atoms with Crippen LogP contribution >= 0.6 is 11.8 Å². The molecule has 0 aliphatic carbocycles. The Morgan fingerprint density at radius 2 is 1.88 bits per heavy atom. The van der Waals surface area contributed by atoms with E-state index in [1.807, 2.05) is 49.4 Å². The third-order valence-corrected chi connectivity index (χ3v) is 5.30. The average molecular weight is 452 g/mol. The molecule has 2 aromatic rings. The summed E-state index contributed by atoms with van der Waals surface area (Å²) in [6.07, 6.45) is 3.43. The molecule has 1 aliphatic heterocycles. The Hall–Kier alpha value is -3.45. The maximum absolute atomic E-state index is 12.5. The molecule has 3 rings (SSSR count). The van der Waals surface area contributed by atoms with Gasteiger partial charge in [-0.3, -0.25) is 0 Å². The first-order chi connectivity index (χ1) is 15.6. The highest BCUT2D eigenvalue weighted by atomic mass is 32.2. The smallest absolute Gasteiger partial charge is 0.344 e. The SMILES string of the molecule is C=CCOc1ccc(C=C2SC(=Nc3ccccc3)C(C(=O)OCC)=C2O)cc1OCC. The van der Waals surface area contributed by atoms with E-state index in [4.69, 9.17) is 14.2 Å². The van der Waals surface area contributed by atoms with Crippen LogP contribution in [0.1, 0.15) is 19.4 Å². The maximum Gasteiger partial charge on any atom is 0.344 e. The zero-order chi connectivity index (χ0) is 22.9. The molecule has 0 spiro atoms. The largest absolute Gasteiger partial charge is 0.506 e. The second kappa shape index (κ2) is 11.2. The van der Waals surface area contributed by atoms with Crippen molar-refractivity contribution in [3.63, 3.8) is 0 Å². The fraction of sp³-hybridized carbons (Fsp3) is 0.200. The van der Waals surface area contributed by atoms with Gasteiger partial charge >= 0.3 is 5.97 Å². The van der Waals surface area contributed by atoms with Gasteiger partial charge in [0.2, 0.25) is 0 Å². The minimum absolute atomic E-state index is 0.0583. The molecular weight excluding hydrogens is 426 g/mol. The van der Waals surface area contributed by atoms with Gasteiger partial charge in [0.05, 0.1) is 23.8 Å². The van der Waals surface area contributed by atoms with Gasteiger partial charge in [-0.15, -0.1) is 0 Å². The molecule has 0 unspecified atom stereocenters. The molecule has 0 bridgehead atoms. The van der Waals surface area contributed by atoms with Crippen LogP contribution in [-0.2, 0) is 9.53 Å². The summed E-state index contributed by atoms with van der Waals surface area (Å²) in [6.45, 7) is 8.30. The number of rotatable bonds is 9. The minimum atomic E-state index is -0.612. The Bertz CT molecular complexity index is 1070. The summed E-state index contributed by atoms with van der Waals surface area (Å²) < 4.78 is 16.5. The van der Waals surface area contributed by atoms with Crippen molar-refractivity contribution in [1.82, 2.24) is 0 Å². The summed E-state index contributed by atoms with van der Waals surface area (Å²) in [4.78, 5) is 17.6. The second-order valence-corrected chi connectivity index (χ2v) is 7.58. The number of hydrogen-bond donors (Lipinski definition) is 1. The van der Waals surface area contributed by atoms with Gasteiger partial charge in [0.15, 0.2) is 11.5 Å². The lowest BCUT2D eigenvalue weighted by atomic mass is 10.1. The first kappa shape index (κ1) is 23.2. The molecule has 1 aliphatic rings. The van der Waals surface area contributed by atoms with Gasteiger partial charge in [-0.2, -0.15) is 0 Å². The zero-order valence-corrected chi connectivity index (χ0v) is 18.9. The quantitative estimate of drug-likeness (QED) is 0.381. The number of nitrogens with zero attached hydrogens (tertiary/aromatic N) is 1. The summed E-state index contributed by atoms with van der Waals surface area (Å²) in [5, 5.41) is 11.2. The molecule has 0 radical (unpaired) electrons. The third kappa shape index (κ3) is 5.62. The number of para-hydroxylation sites is 1. The van der Waals surface area contributed by atoms with Crippen LogP contribution in [0, 0.1) is 0 Å². The Balaban J connectivity index is 1.99. The van der Waals surface area contributed by atoms with Crippen LogP contribution in [-0.4, -0.2) is 35.9 Å². The summed E-state index contributed by atoms with van der Waals surface area (Å²) in [6, 6.07) is 14.7. The topological polar surface area (TPSA) is 77.4 Å². The van der Waals surface area contributed by atoms with Gasteiger partial charge in [-0.25, -0.2) is 9.79 Å². The lowest BCUT2D eigenvalue weighted by Gasteiger charge is -2.11. The molecular formula is C25H25NO5S. The fourth-order valence-electron chi connectivity index (χ4n) is 2.91. The number of benzene rings is 2. The van der Waals surface area contributed by atoms with E-state index in [1.165, 1.54) is 11.8 Å². The Kier molecular flexibility index (Phi) is 8.16. The van der Waals surface area contributed by atoms with E-state index in [0.717, 1.165) is 5.56 Å². The van der Waals surface area contributed by atoms with Crippen molar-refractivity contribution in [2.24, 2.45) is 4.99 Å². The highest BCUT2D eigenvalue weighted by Crippen LogP contribution is 2.41. The van der Waals surface area contributed by atoms with Crippen molar-refractivity contribution in [3.05, 3.63) is 83.0 Å². The standard InChI is InChI=1S/C25H25NO5S/c1-4-14-31-19-13-12-17(15-20(19)29-5-2)16-21-23(27)22(25(28)30-6-3)24(32-21)26-18-10-8-7-9-11-18/h4,7-13,15-16,27H,1,5-6,14H2,2-3H3. The molecule has 6 nitrogen and oxygen atoms in total. The number of ether oxygens (including phenoxy) is 3. The molecule has 0 saturated carbocycles. The molecule has 32 heavy (non-hydrogen) atoms. The zero-order valence-electron chi connectivity index (χ0n) is 18.0. The van der Waals surface area contributed by atoms with Gasteiger partial charge in [0.25, 0.3) is 0 Å². The molecule has 1 heterocycles.